The van der Waals surface area contributed by atoms with Crippen molar-refractivity contribution in [3.8, 4) is 0 Å². The summed E-state index contributed by atoms with van der Waals surface area (Å²) in [5, 5.41) is 2.35. The van der Waals surface area contributed by atoms with E-state index in [9.17, 15) is 14.4 Å². The molecule has 0 aromatic rings. The van der Waals surface area contributed by atoms with Gasteiger partial charge in [0.25, 0.3) is 0 Å². The van der Waals surface area contributed by atoms with Crippen LogP contribution in [-0.2, 0) is 19.1 Å². The molecule has 0 aliphatic heterocycles. The maximum absolute atomic E-state index is 12.1. The first kappa shape index (κ1) is 20.2. The molecule has 22 heavy (non-hydrogen) atoms. The van der Waals surface area contributed by atoms with Gasteiger partial charge in [0, 0.05) is 6.42 Å². The highest BCUT2D eigenvalue weighted by atomic mass is 16.6. The van der Waals surface area contributed by atoms with Crippen LogP contribution in [0.1, 0.15) is 54.4 Å². The van der Waals surface area contributed by atoms with E-state index in [1.54, 1.807) is 41.5 Å². The predicted octanol–water partition coefficient (Wildman–Crippen LogP) is 0.992. The fourth-order valence-electron chi connectivity index (χ4n) is 1.48. The summed E-state index contributed by atoms with van der Waals surface area (Å²) in [5.41, 5.74) is 0.548. The molecule has 0 unspecified atom stereocenters. The van der Waals surface area contributed by atoms with E-state index < -0.39 is 35.2 Å². The molecule has 8 nitrogen and oxygen atoms in total. The first-order valence-corrected chi connectivity index (χ1v) is 7.06. The fraction of sp³-hybridized carbons (Fsp3) is 0.786. The van der Waals surface area contributed by atoms with Crippen LogP contribution in [-0.4, -0.2) is 35.2 Å². The van der Waals surface area contributed by atoms with E-state index in [1.807, 2.05) is 5.43 Å². The minimum Gasteiger partial charge on any atom is -0.460 e. The van der Waals surface area contributed by atoms with Crippen molar-refractivity contribution in [2.75, 3.05) is 0 Å². The second-order valence-corrected chi connectivity index (χ2v) is 6.83. The SMILES string of the molecule is CC(C)(C)OC(=O)CC[C@H](NC(=O)NN)C(=O)OC(C)(C)C. The maximum Gasteiger partial charge on any atom is 0.329 e. The van der Waals surface area contributed by atoms with Crippen LogP contribution < -0.4 is 16.6 Å². The van der Waals surface area contributed by atoms with Crippen molar-refractivity contribution in [1.29, 1.82) is 0 Å². The van der Waals surface area contributed by atoms with Crippen LogP contribution in [0.5, 0.6) is 0 Å². The van der Waals surface area contributed by atoms with Gasteiger partial charge in [-0.1, -0.05) is 0 Å². The van der Waals surface area contributed by atoms with Crippen molar-refractivity contribution in [1.82, 2.24) is 10.7 Å². The van der Waals surface area contributed by atoms with Crippen LogP contribution in [0.2, 0.25) is 0 Å². The Morgan fingerprint density at radius 2 is 1.50 bits per heavy atom. The van der Waals surface area contributed by atoms with E-state index in [0.29, 0.717) is 0 Å². The van der Waals surface area contributed by atoms with Gasteiger partial charge < -0.3 is 14.8 Å². The van der Waals surface area contributed by atoms with E-state index in [2.05, 4.69) is 5.32 Å². The Bertz CT molecular complexity index is 410. The second kappa shape index (κ2) is 7.98. The largest absolute Gasteiger partial charge is 0.460 e. The Kier molecular flexibility index (Phi) is 7.31. The summed E-state index contributed by atoms with van der Waals surface area (Å²) in [6.45, 7) is 10.4. The molecule has 128 valence electrons. The summed E-state index contributed by atoms with van der Waals surface area (Å²) in [6, 6.07) is -1.73. The zero-order chi connectivity index (χ0) is 17.6. The molecule has 0 spiro atoms. The van der Waals surface area contributed by atoms with Gasteiger partial charge in [-0.15, -0.1) is 0 Å². The van der Waals surface area contributed by atoms with Crippen LogP contribution in [0.25, 0.3) is 0 Å². The molecule has 0 bridgehead atoms. The van der Waals surface area contributed by atoms with Gasteiger partial charge >= 0.3 is 18.0 Å². The van der Waals surface area contributed by atoms with Gasteiger partial charge in [0.2, 0.25) is 0 Å². The number of carbonyl (C=O) groups is 3. The highest BCUT2D eigenvalue weighted by Crippen LogP contribution is 2.13. The molecule has 0 saturated heterocycles. The van der Waals surface area contributed by atoms with Gasteiger partial charge in [-0.25, -0.2) is 15.4 Å². The molecule has 1 atom stereocenters. The summed E-state index contributed by atoms with van der Waals surface area (Å²) >= 11 is 0. The molecule has 8 heteroatoms. The first-order chi connectivity index (χ1) is 9.84. The van der Waals surface area contributed by atoms with Crippen LogP contribution in [0.4, 0.5) is 4.79 Å². The first-order valence-electron chi connectivity index (χ1n) is 7.06. The molecule has 0 aliphatic carbocycles. The van der Waals surface area contributed by atoms with E-state index >= 15 is 0 Å². The number of hydrazine groups is 1. The molecular formula is C14H27N3O5. The molecule has 4 N–H and O–H groups in total. The highest BCUT2D eigenvalue weighted by molar-refractivity contribution is 5.84. The lowest BCUT2D eigenvalue weighted by atomic mass is 10.1. The summed E-state index contributed by atoms with van der Waals surface area (Å²) in [5.74, 6) is 3.88. The Labute approximate surface area is 131 Å². The molecule has 0 fully saturated rings. The molecule has 0 aromatic carbocycles. The van der Waals surface area contributed by atoms with Crippen molar-refractivity contribution in [3.63, 3.8) is 0 Å². The topological polar surface area (TPSA) is 120 Å². The molecule has 0 heterocycles. The lowest BCUT2D eigenvalue weighted by Crippen LogP contribution is -2.50. The second-order valence-electron chi connectivity index (χ2n) is 6.83. The normalized spacial score (nSPS) is 13.0. The predicted molar refractivity (Wildman–Crippen MR) is 80.6 cm³/mol. The highest BCUT2D eigenvalue weighted by Gasteiger charge is 2.28. The molecule has 0 rings (SSSR count). The molecule has 0 aromatic heterocycles. The average molecular weight is 317 g/mol. The third-order valence-electron chi connectivity index (χ3n) is 2.18. The summed E-state index contributed by atoms with van der Waals surface area (Å²) < 4.78 is 10.4. The number of amides is 2. The van der Waals surface area contributed by atoms with Crippen molar-refractivity contribution in [2.24, 2.45) is 5.84 Å². The zero-order valence-corrected chi connectivity index (χ0v) is 14.1. The van der Waals surface area contributed by atoms with Crippen molar-refractivity contribution < 1.29 is 23.9 Å². The van der Waals surface area contributed by atoms with Crippen LogP contribution in [0, 0.1) is 0 Å². The minimum atomic E-state index is -0.990. The third-order valence-corrected chi connectivity index (χ3v) is 2.18. The number of nitrogens with one attached hydrogen (secondary N) is 2. The van der Waals surface area contributed by atoms with Gasteiger partial charge in [-0.05, 0) is 48.0 Å². The number of ether oxygens (including phenoxy) is 2. The van der Waals surface area contributed by atoms with E-state index in [4.69, 9.17) is 15.3 Å². The number of urea groups is 1. The lowest BCUT2D eigenvalue weighted by Gasteiger charge is -2.25. The number of hydrogen-bond acceptors (Lipinski definition) is 6. The summed E-state index contributed by atoms with van der Waals surface area (Å²) in [6.07, 6.45) is 0.0171. The van der Waals surface area contributed by atoms with Crippen LogP contribution >= 0.6 is 0 Å². The van der Waals surface area contributed by atoms with Gasteiger partial charge in [-0.2, -0.15) is 0 Å². The number of rotatable bonds is 5. The molecular weight excluding hydrogens is 290 g/mol. The maximum atomic E-state index is 12.1. The van der Waals surface area contributed by atoms with E-state index in [-0.39, 0.29) is 12.8 Å². The number of nitrogens with two attached hydrogens (primary N) is 1. The minimum absolute atomic E-state index is 0.0357. The van der Waals surface area contributed by atoms with Crippen molar-refractivity contribution in [3.05, 3.63) is 0 Å². The lowest BCUT2D eigenvalue weighted by molar-refractivity contribution is -0.158. The Balaban J connectivity index is 4.70. The van der Waals surface area contributed by atoms with Gasteiger partial charge in [-0.3, -0.25) is 10.2 Å². The third kappa shape index (κ3) is 9.98. The number of esters is 2. The Hall–Kier alpha value is -1.83. The number of carbonyl (C=O) groups excluding carboxylic acids is 3. The Morgan fingerprint density at radius 1 is 1.00 bits per heavy atom. The molecule has 0 radical (unpaired) electrons. The summed E-state index contributed by atoms with van der Waals surface area (Å²) in [4.78, 5) is 35.0. The van der Waals surface area contributed by atoms with Gasteiger partial charge in [0.15, 0.2) is 0 Å². The molecule has 2 amide bonds. The van der Waals surface area contributed by atoms with Crippen LogP contribution in [0.3, 0.4) is 0 Å². The van der Waals surface area contributed by atoms with Gasteiger partial charge in [0.1, 0.15) is 17.2 Å². The standard InChI is InChI=1S/C14H27N3O5/c1-13(2,3)21-10(18)8-7-9(16-12(20)17-15)11(19)22-14(4,5)6/h9H,7-8,15H2,1-6H3,(H2,16,17,20)/t9-/m0/s1. The fourth-order valence-corrected chi connectivity index (χ4v) is 1.48. The van der Waals surface area contributed by atoms with E-state index in [0.717, 1.165) is 0 Å². The smallest absolute Gasteiger partial charge is 0.329 e. The molecule has 0 saturated carbocycles. The summed E-state index contributed by atoms with van der Waals surface area (Å²) in [7, 11) is 0. The molecule has 0 aliphatic rings. The van der Waals surface area contributed by atoms with E-state index in [1.165, 1.54) is 0 Å². The van der Waals surface area contributed by atoms with Crippen LogP contribution in [0.15, 0.2) is 0 Å². The van der Waals surface area contributed by atoms with Gasteiger partial charge in [0.05, 0.1) is 0 Å². The Morgan fingerprint density at radius 3 is 1.91 bits per heavy atom. The monoisotopic (exact) mass is 317 g/mol. The number of hydrogen-bond donors (Lipinski definition) is 3. The quantitative estimate of drug-likeness (QED) is 0.301. The zero-order valence-electron chi connectivity index (χ0n) is 14.1. The van der Waals surface area contributed by atoms with Crippen molar-refractivity contribution in [2.45, 2.75) is 71.6 Å². The van der Waals surface area contributed by atoms with Crippen molar-refractivity contribution >= 4 is 18.0 Å². The average Bonchev–Trinajstić information content (AvgIpc) is 2.29.